The van der Waals surface area contributed by atoms with Crippen LogP contribution in [0.4, 0.5) is 24.5 Å². The van der Waals surface area contributed by atoms with Crippen LogP contribution in [0.1, 0.15) is 11.1 Å². The molecule has 7 nitrogen and oxygen atoms in total. The number of alkyl halides is 3. The number of carbonyl (C=O) groups is 2. The van der Waals surface area contributed by atoms with E-state index in [4.69, 9.17) is 0 Å². The van der Waals surface area contributed by atoms with E-state index in [1.807, 2.05) is 41.8 Å². The number of rotatable bonds is 7. The summed E-state index contributed by atoms with van der Waals surface area (Å²) in [6.45, 7) is 6.91. The number of hydrogen-bond donors (Lipinski definition) is 2. The van der Waals surface area contributed by atoms with E-state index in [0.29, 0.717) is 31.9 Å². The Bertz CT molecular complexity index is 972. The monoisotopic (exact) mass is 464 g/mol. The number of ether oxygens (including phenoxy) is 1. The van der Waals surface area contributed by atoms with E-state index in [0.717, 1.165) is 28.9 Å². The molecule has 0 aromatic heterocycles. The highest BCUT2D eigenvalue weighted by Gasteiger charge is 2.31. The molecule has 0 aliphatic carbocycles. The third-order valence-electron chi connectivity index (χ3n) is 5.24. The molecular formula is C23H27F3N4O3. The molecule has 1 aliphatic heterocycles. The lowest BCUT2D eigenvalue weighted by atomic mass is 10.1. The van der Waals surface area contributed by atoms with Crippen LogP contribution in [-0.2, 0) is 9.59 Å². The van der Waals surface area contributed by atoms with E-state index >= 15 is 0 Å². The number of carbonyl (C=O) groups excluding carboxylic acids is 2. The van der Waals surface area contributed by atoms with Crippen molar-refractivity contribution in [2.75, 3.05) is 49.9 Å². The molecule has 10 heteroatoms. The number of aryl methyl sites for hydroxylation is 2. The molecule has 0 atom stereocenters. The van der Waals surface area contributed by atoms with E-state index in [1.54, 1.807) is 0 Å². The Balaban J connectivity index is 1.39. The zero-order valence-corrected chi connectivity index (χ0v) is 18.5. The number of halogens is 3. The van der Waals surface area contributed by atoms with Crippen molar-refractivity contribution in [3.05, 3.63) is 53.6 Å². The summed E-state index contributed by atoms with van der Waals surface area (Å²) in [6.07, 6.45) is -4.76. The molecule has 0 radical (unpaired) electrons. The molecule has 0 spiro atoms. The Morgan fingerprint density at radius 3 is 1.97 bits per heavy atom. The first-order valence-corrected chi connectivity index (χ1v) is 10.5. The summed E-state index contributed by atoms with van der Waals surface area (Å²) in [5.74, 6) is -0.688. The smallest absolute Gasteiger partial charge is 0.406 e. The zero-order chi connectivity index (χ0) is 24.0. The molecule has 0 unspecified atom stereocenters. The predicted octanol–water partition coefficient (Wildman–Crippen LogP) is 3.40. The molecule has 178 valence electrons. The third-order valence-corrected chi connectivity index (χ3v) is 5.24. The lowest BCUT2D eigenvalue weighted by Gasteiger charge is -2.33. The molecule has 33 heavy (non-hydrogen) atoms. The van der Waals surface area contributed by atoms with Gasteiger partial charge in [-0.3, -0.25) is 19.4 Å². The molecule has 1 heterocycles. The number of anilines is 2. The van der Waals surface area contributed by atoms with Gasteiger partial charge in [0, 0.05) is 37.6 Å². The van der Waals surface area contributed by atoms with Crippen molar-refractivity contribution in [1.29, 1.82) is 0 Å². The van der Waals surface area contributed by atoms with E-state index in [2.05, 4.69) is 15.4 Å². The first-order chi connectivity index (χ1) is 15.6. The second-order valence-electron chi connectivity index (χ2n) is 8.04. The maximum atomic E-state index is 12.4. The van der Waals surface area contributed by atoms with Crippen LogP contribution < -0.4 is 15.4 Å². The van der Waals surface area contributed by atoms with Gasteiger partial charge in [-0.2, -0.15) is 0 Å². The Morgan fingerprint density at radius 1 is 0.879 bits per heavy atom. The summed E-state index contributed by atoms with van der Waals surface area (Å²) < 4.78 is 40.5. The fourth-order valence-electron chi connectivity index (χ4n) is 3.51. The maximum absolute atomic E-state index is 12.4. The second kappa shape index (κ2) is 10.7. The number of hydrogen-bond acceptors (Lipinski definition) is 5. The molecule has 1 aliphatic rings. The summed E-state index contributed by atoms with van der Waals surface area (Å²) in [5.41, 5.74) is 3.28. The molecule has 2 N–H and O–H groups in total. The molecule has 3 rings (SSSR count). The van der Waals surface area contributed by atoms with Crippen LogP contribution in [0, 0.1) is 13.8 Å². The van der Waals surface area contributed by atoms with E-state index in [1.165, 1.54) is 12.1 Å². The Morgan fingerprint density at radius 2 is 1.42 bits per heavy atom. The van der Waals surface area contributed by atoms with Crippen LogP contribution >= 0.6 is 0 Å². The summed E-state index contributed by atoms with van der Waals surface area (Å²) >= 11 is 0. The van der Waals surface area contributed by atoms with Crippen molar-refractivity contribution in [1.82, 2.24) is 9.80 Å². The number of nitrogens with one attached hydrogen (secondary N) is 2. The van der Waals surface area contributed by atoms with Gasteiger partial charge in [0.15, 0.2) is 0 Å². The highest BCUT2D eigenvalue weighted by molar-refractivity contribution is 5.93. The molecule has 1 saturated heterocycles. The van der Waals surface area contributed by atoms with Gasteiger partial charge in [0.25, 0.3) is 0 Å². The molecule has 0 saturated carbocycles. The average Bonchev–Trinajstić information content (AvgIpc) is 2.72. The molecule has 2 aromatic carbocycles. The molecular weight excluding hydrogens is 437 g/mol. The SMILES string of the molecule is Cc1ccc(C)c(NC(=O)CN2CCN(CC(=O)Nc3ccc(OC(F)(F)F)cc3)CC2)c1. The third kappa shape index (κ3) is 8.07. The quantitative estimate of drug-likeness (QED) is 0.657. The van der Waals surface area contributed by atoms with Gasteiger partial charge in [-0.1, -0.05) is 12.1 Å². The van der Waals surface area contributed by atoms with Crippen LogP contribution in [0.15, 0.2) is 42.5 Å². The average molecular weight is 464 g/mol. The molecule has 2 aromatic rings. The Labute approximate surface area is 190 Å². The van der Waals surface area contributed by atoms with Gasteiger partial charge in [0.2, 0.25) is 11.8 Å². The minimum atomic E-state index is -4.76. The Hall–Kier alpha value is -3.11. The van der Waals surface area contributed by atoms with Crippen molar-refractivity contribution >= 4 is 23.2 Å². The van der Waals surface area contributed by atoms with Crippen molar-refractivity contribution < 1.29 is 27.5 Å². The van der Waals surface area contributed by atoms with Crippen LogP contribution in [0.2, 0.25) is 0 Å². The second-order valence-corrected chi connectivity index (χ2v) is 8.04. The topological polar surface area (TPSA) is 73.9 Å². The largest absolute Gasteiger partial charge is 0.573 e. The van der Waals surface area contributed by atoms with Gasteiger partial charge >= 0.3 is 6.36 Å². The predicted molar refractivity (Wildman–Crippen MR) is 119 cm³/mol. The van der Waals surface area contributed by atoms with E-state index < -0.39 is 6.36 Å². The van der Waals surface area contributed by atoms with Crippen molar-refractivity contribution in [2.45, 2.75) is 20.2 Å². The number of amides is 2. The molecule has 2 amide bonds. The van der Waals surface area contributed by atoms with Gasteiger partial charge in [0.05, 0.1) is 13.1 Å². The first kappa shape index (κ1) is 24.5. The van der Waals surface area contributed by atoms with Crippen LogP contribution in [0.3, 0.4) is 0 Å². The van der Waals surface area contributed by atoms with E-state index in [-0.39, 0.29) is 30.7 Å². The minimum Gasteiger partial charge on any atom is -0.406 e. The summed E-state index contributed by atoms with van der Waals surface area (Å²) in [5, 5.41) is 5.62. The normalized spacial score (nSPS) is 15.2. The fraction of sp³-hybridized carbons (Fsp3) is 0.391. The summed E-state index contributed by atoms with van der Waals surface area (Å²) in [7, 11) is 0. The van der Waals surface area contributed by atoms with Gasteiger partial charge in [-0.25, -0.2) is 0 Å². The highest BCUT2D eigenvalue weighted by Crippen LogP contribution is 2.24. The Kier molecular flexibility index (Phi) is 7.93. The molecule has 0 bridgehead atoms. The summed E-state index contributed by atoms with van der Waals surface area (Å²) in [6, 6.07) is 10.9. The first-order valence-electron chi connectivity index (χ1n) is 10.5. The minimum absolute atomic E-state index is 0.0761. The van der Waals surface area contributed by atoms with Crippen molar-refractivity contribution in [3.63, 3.8) is 0 Å². The molecule has 1 fully saturated rings. The highest BCUT2D eigenvalue weighted by atomic mass is 19.4. The summed E-state index contributed by atoms with van der Waals surface area (Å²) in [4.78, 5) is 28.7. The fourth-order valence-corrected chi connectivity index (χ4v) is 3.51. The van der Waals surface area contributed by atoms with Gasteiger partial charge < -0.3 is 15.4 Å². The lowest BCUT2D eigenvalue weighted by molar-refractivity contribution is -0.274. The maximum Gasteiger partial charge on any atom is 0.573 e. The number of nitrogens with zero attached hydrogens (tertiary/aromatic N) is 2. The van der Waals surface area contributed by atoms with Crippen molar-refractivity contribution in [2.24, 2.45) is 0 Å². The number of piperazine rings is 1. The van der Waals surface area contributed by atoms with E-state index in [9.17, 15) is 22.8 Å². The lowest BCUT2D eigenvalue weighted by Crippen LogP contribution is -2.50. The van der Waals surface area contributed by atoms with Gasteiger partial charge in [-0.05, 0) is 55.3 Å². The van der Waals surface area contributed by atoms with Gasteiger partial charge in [0.1, 0.15) is 5.75 Å². The standard InChI is InChI=1S/C23H27F3N4O3/c1-16-3-4-17(2)20(13-16)28-22(32)15-30-11-9-29(10-12-30)14-21(31)27-18-5-7-19(8-6-18)33-23(24,25)26/h3-8,13H,9-12,14-15H2,1-2H3,(H,27,31)(H,28,32). The zero-order valence-electron chi connectivity index (χ0n) is 18.5. The van der Waals surface area contributed by atoms with Crippen LogP contribution in [-0.4, -0.2) is 67.2 Å². The van der Waals surface area contributed by atoms with Crippen molar-refractivity contribution in [3.8, 4) is 5.75 Å². The van der Waals surface area contributed by atoms with Crippen LogP contribution in [0.5, 0.6) is 5.75 Å². The number of benzene rings is 2. The van der Waals surface area contributed by atoms with Crippen LogP contribution in [0.25, 0.3) is 0 Å². The van der Waals surface area contributed by atoms with Gasteiger partial charge in [-0.15, -0.1) is 13.2 Å².